The van der Waals surface area contributed by atoms with Crippen molar-refractivity contribution >= 4 is 17.6 Å². The standard InChI is InChI=1S/C12H15F3N4O/c1-2-19(7-10(16)17)11(20)18-9-5-3-4-8(6-9)12(13,14)15/h3-6H,2,7H2,1H3,(H3,16,17)(H,18,20). The van der Waals surface area contributed by atoms with Crippen LogP contribution in [0.3, 0.4) is 0 Å². The van der Waals surface area contributed by atoms with E-state index in [2.05, 4.69) is 5.32 Å². The maximum absolute atomic E-state index is 12.5. The highest BCUT2D eigenvalue weighted by atomic mass is 19.4. The van der Waals surface area contributed by atoms with Crippen LogP contribution in [0.1, 0.15) is 12.5 Å². The van der Waals surface area contributed by atoms with Gasteiger partial charge in [0.1, 0.15) is 5.84 Å². The van der Waals surface area contributed by atoms with Crippen LogP contribution >= 0.6 is 0 Å². The zero-order valence-electron chi connectivity index (χ0n) is 10.8. The molecule has 0 saturated heterocycles. The first-order valence-electron chi connectivity index (χ1n) is 5.80. The van der Waals surface area contributed by atoms with Crippen LogP contribution < -0.4 is 11.1 Å². The lowest BCUT2D eigenvalue weighted by molar-refractivity contribution is -0.137. The lowest BCUT2D eigenvalue weighted by atomic mass is 10.2. The van der Waals surface area contributed by atoms with E-state index in [1.165, 1.54) is 17.0 Å². The quantitative estimate of drug-likeness (QED) is 0.587. The molecule has 1 aromatic rings. The highest BCUT2D eigenvalue weighted by Crippen LogP contribution is 2.30. The van der Waals surface area contributed by atoms with Gasteiger partial charge >= 0.3 is 12.2 Å². The summed E-state index contributed by atoms with van der Waals surface area (Å²) in [6.07, 6.45) is -4.47. The fourth-order valence-corrected chi connectivity index (χ4v) is 1.51. The van der Waals surface area contributed by atoms with Crippen molar-refractivity contribution in [3.05, 3.63) is 29.8 Å². The number of urea groups is 1. The van der Waals surface area contributed by atoms with Gasteiger partial charge in [0.05, 0.1) is 12.1 Å². The second kappa shape index (κ2) is 6.27. The molecule has 0 aliphatic rings. The summed E-state index contributed by atoms with van der Waals surface area (Å²) >= 11 is 0. The van der Waals surface area contributed by atoms with Crippen molar-refractivity contribution in [2.75, 3.05) is 18.4 Å². The zero-order valence-corrected chi connectivity index (χ0v) is 10.8. The van der Waals surface area contributed by atoms with Crippen molar-refractivity contribution in [2.45, 2.75) is 13.1 Å². The summed E-state index contributed by atoms with van der Waals surface area (Å²) < 4.78 is 37.6. The second-order valence-corrected chi connectivity index (χ2v) is 4.05. The van der Waals surface area contributed by atoms with Gasteiger partial charge in [0.15, 0.2) is 0 Å². The normalized spacial score (nSPS) is 11.0. The molecule has 0 aliphatic heterocycles. The summed E-state index contributed by atoms with van der Waals surface area (Å²) in [5.74, 6) is -0.203. The number of amidine groups is 1. The van der Waals surface area contributed by atoms with Crippen LogP contribution in [0.4, 0.5) is 23.7 Å². The van der Waals surface area contributed by atoms with E-state index in [1.54, 1.807) is 6.92 Å². The minimum atomic E-state index is -4.47. The number of anilines is 1. The molecular formula is C12H15F3N4O. The first-order valence-corrected chi connectivity index (χ1v) is 5.80. The molecule has 2 amide bonds. The number of nitrogens with one attached hydrogen (secondary N) is 2. The van der Waals surface area contributed by atoms with Crippen LogP contribution in [-0.2, 0) is 6.18 Å². The van der Waals surface area contributed by atoms with E-state index < -0.39 is 17.8 Å². The topological polar surface area (TPSA) is 82.2 Å². The average Bonchev–Trinajstić information content (AvgIpc) is 2.34. The van der Waals surface area contributed by atoms with Gasteiger partial charge in [0.25, 0.3) is 0 Å². The van der Waals surface area contributed by atoms with Crippen LogP contribution in [0.25, 0.3) is 0 Å². The minimum absolute atomic E-state index is 0.0341. The Balaban J connectivity index is 2.82. The van der Waals surface area contributed by atoms with Gasteiger partial charge in [-0.1, -0.05) is 6.07 Å². The third-order valence-corrected chi connectivity index (χ3v) is 2.47. The largest absolute Gasteiger partial charge is 0.416 e. The number of carbonyl (C=O) groups excluding carboxylic acids is 1. The Morgan fingerprint density at radius 1 is 1.45 bits per heavy atom. The van der Waals surface area contributed by atoms with E-state index >= 15 is 0 Å². The number of nitrogens with two attached hydrogens (primary N) is 1. The smallest absolute Gasteiger partial charge is 0.386 e. The number of halogens is 3. The predicted molar refractivity (Wildman–Crippen MR) is 69.6 cm³/mol. The third kappa shape index (κ3) is 4.45. The summed E-state index contributed by atoms with van der Waals surface area (Å²) in [6.45, 7) is 1.88. The summed E-state index contributed by atoms with van der Waals surface area (Å²) in [5.41, 5.74) is 4.39. The SMILES string of the molecule is CCN(CC(=N)N)C(=O)Nc1cccc(C(F)(F)F)c1. The highest BCUT2D eigenvalue weighted by Gasteiger charge is 2.30. The Morgan fingerprint density at radius 3 is 2.60 bits per heavy atom. The van der Waals surface area contributed by atoms with Crippen molar-refractivity contribution in [1.82, 2.24) is 4.90 Å². The van der Waals surface area contributed by atoms with E-state index in [0.29, 0.717) is 0 Å². The molecule has 1 aromatic carbocycles. The van der Waals surface area contributed by atoms with Gasteiger partial charge in [-0.15, -0.1) is 0 Å². The molecular weight excluding hydrogens is 273 g/mol. The average molecular weight is 288 g/mol. The van der Waals surface area contributed by atoms with Crippen molar-refractivity contribution in [2.24, 2.45) is 5.73 Å². The second-order valence-electron chi connectivity index (χ2n) is 4.05. The van der Waals surface area contributed by atoms with Gasteiger partial charge in [0.2, 0.25) is 0 Å². The molecule has 0 saturated carbocycles. The fourth-order valence-electron chi connectivity index (χ4n) is 1.51. The number of carbonyl (C=O) groups is 1. The van der Waals surface area contributed by atoms with E-state index in [1.807, 2.05) is 0 Å². The Bertz CT molecular complexity index is 502. The lowest BCUT2D eigenvalue weighted by Gasteiger charge is -2.20. The van der Waals surface area contributed by atoms with Crippen LogP contribution in [0, 0.1) is 5.41 Å². The molecule has 0 spiro atoms. The predicted octanol–water partition coefficient (Wildman–Crippen LogP) is 2.50. The monoisotopic (exact) mass is 288 g/mol. The zero-order chi connectivity index (χ0) is 15.3. The van der Waals surface area contributed by atoms with Crippen LogP contribution in [-0.4, -0.2) is 29.9 Å². The maximum Gasteiger partial charge on any atom is 0.416 e. The number of benzene rings is 1. The number of hydrogen-bond acceptors (Lipinski definition) is 2. The Hall–Kier alpha value is -2.25. The number of hydrogen-bond donors (Lipinski definition) is 3. The van der Waals surface area contributed by atoms with E-state index in [0.717, 1.165) is 12.1 Å². The molecule has 110 valence electrons. The van der Waals surface area contributed by atoms with Crippen molar-refractivity contribution in [3.8, 4) is 0 Å². The molecule has 0 aliphatic carbocycles. The van der Waals surface area contributed by atoms with Crippen LogP contribution in [0.5, 0.6) is 0 Å². The van der Waals surface area contributed by atoms with Crippen LogP contribution in [0.2, 0.25) is 0 Å². The summed E-state index contributed by atoms with van der Waals surface area (Å²) in [7, 11) is 0. The van der Waals surface area contributed by atoms with Gasteiger partial charge in [-0.3, -0.25) is 5.41 Å². The molecule has 0 radical (unpaired) electrons. The number of amides is 2. The van der Waals surface area contributed by atoms with E-state index in [-0.39, 0.29) is 24.6 Å². The molecule has 0 fully saturated rings. The summed E-state index contributed by atoms with van der Waals surface area (Å²) in [5, 5.41) is 9.47. The Kier molecular flexibility index (Phi) is 4.95. The molecule has 1 rings (SSSR count). The summed E-state index contributed by atoms with van der Waals surface area (Å²) in [6, 6.07) is 3.72. The number of alkyl halides is 3. The molecule has 0 heterocycles. The number of nitrogens with zero attached hydrogens (tertiary/aromatic N) is 1. The van der Waals surface area contributed by atoms with Gasteiger partial charge in [-0.25, -0.2) is 4.79 Å². The summed E-state index contributed by atoms with van der Waals surface area (Å²) in [4.78, 5) is 13.0. The molecule has 0 atom stereocenters. The number of rotatable bonds is 4. The molecule has 4 N–H and O–H groups in total. The molecule has 0 unspecified atom stereocenters. The first-order chi connectivity index (χ1) is 9.24. The fraction of sp³-hybridized carbons (Fsp3) is 0.333. The highest BCUT2D eigenvalue weighted by molar-refractivity contribution is 5.92. The first kappa shape index (κ1) is 15.8. The minimum Gasteiger partial charge on any atom is -0.386 e. The Labute approximate surface area is 114 Å². The van der Waals surface area contributed by atoms with Crippen LogP contribution in [0.15, 0.2) is 24.3 Å². The lowest BCUT2D eigenvalue weighted by Crippen LogP contribution is -2.40. The molecule has 0 bridgehead atoms. The molecule has 5 nitrogen and oxygen atoms in total. The number of likely N-dealkylation sites (N-methyl/N-ethyl adjacent to an activating group) is 1. The Morgan fingerprint density at radius 2 is 2.10 bits per heavy atom. The van der Waals surface area contributed by atoms with E-state index in [9.17, 15) is 18.0 Å². The van der Waals surface area contributed by atoms with Gasteiger partial charge in [-0.2, -0.15) is 13.2 Å². The molecule has 20 heavy (non-hydrogen) atoms. The van der Waals surface area contributed by atoms with Crippen molar-refractivity contribution < 1.29 is 18.0 Å². The van der Waals surface area contributed by atoms with Gasteiger partial charge in [-0.05, 0) is 25.1 Å². The van der Waals surface area contributed by atoms with Crippen molar-refractivity contribution in [3.63, 3.8) is 0 Å². The van der Waals surface area contributed by atoms with Crippen molar-refractivity contribution in [1.29, 1.82) is 5.41 Å². The van der Waals surface area contributed by atoms with E-state index in [4.69, 9.17) is 11.1 Å². The van der Waals surface area contributed by atoms with Gasteiger partial charge < -0.3 is 16.0 Å². The van der Waals surface area contributed by atoms with Gasteiger partial charge in [0, 0.05) is 12.2 Å². The molecule has 8 heteroatoms. The molecule has 0 aromatic heterocycles. The maximum atomic E-state index is 12.5. The third-order valence-electron chi connectivity index (χ3n) is 2.47.